The van der Waals surface area contributed by atoms with Gasteiger partial charge in [0.15, 0.2) is 5.69 Å². The van der Waals surface area contributed by atoms with Crippen LogP contribution in [0.5, 0.6) is 0 Å². The van der Waals surface area contributed by atoms with Crippen LogP contribution in [0.25, 0.3) is 5.82 Å². The van der Waals surface area contributed by atoms with E-state index in [-0.39, 0.29) is 27.9 Å². The van der Waals surface area contributed by atoms with Gasteiger partial charge in [-0.1, -0.05) is 28.4 Å². The topological polar surface area (TPSA) is 154 Å². The number of anilines is 1. The zero-order valence-electron chi connectivity index (χ0n) is 13.0. The van der Waals surface area contributed by atoms with Gasteiger partial charge in [0.25, 0.3) is 11.8 Å². The molecule has 11 nitrogen and oxygen atoms in total. The van der Waals surface area contributed by atoms with E-state index in [0.29, 0.717) is 10.7 Å². The minimum absolute atomic E-state index is 0.0159. The van der Waals surface area contributed by atoms with Crippen LogP contribution >= 0.6 is 23.2 Å². The molecule has 2 heterocycles. The Bertz CT molecular complexity index is 999. The van der Waals surface area contributed by atoms with Crippen LogP contribution in [0.1, 0.15) is 26.5 Å². The number of benzene rings is 1. The zero-order valence-corrected chi connectivity index (χ0v) is 14.5. The molecule has 26 heavy (non-hydrogen) atoms. The lowest BCUT2D eigenvalue weighted by Gasteiger charge is -2.07. The van der Waals surface area contributed by atoms with Crippen molar-refractivity contribution in [1.82, 2.24) is 36.2 Å². The molecule has 4 N–H and O–H groups in total. The van der Waals surface area contributed by atoms with Crippen LogP contribution in [-0.4, -0.2) is 37.1 Å². The second kappa shape index (κ2) is 6.98. The van der Waals surface area contributed by atoms with Gasteiger partial charge in [0.2, 0.25) is 11.6 Å². The third-order valence-corrected chi connectivity index (χ3v) is 4.02. The van der Waals surface area contributed by atoms with Crippen LogP contribution in [0.4, 0.5) is 5.82 Å². The molecule has 0 aliphatic carbocycles. The van der Waals surface area contributed by atoms with Crippen LogP contribution in [0.3, 0.4) is 0 Å². The van der Waals surface area contributed by atoms with Gasteiger partial charge in [-0.3, -0.25) is 20.4 Å². The van der Waals surface area contributed by atoms with Crippen molar-refractivity contribution in [2.75, 3.05) is 5.73 Å². The number of halogens is 2. The van der Waals surface area contributed by atoms with Crippen LogP contribution in [0.15, 0.2) is 22.8 Å². The predicted octanol–water partition coefficient (Wildman–Crippen LogP) is 0.923. The quantitative estimate of drug-likeness (QED) is 0.552. The maximum atomic E-state index is 12.2. The van der Waals surface area contributed by atoms with Gasteiger partial charge in [-0.05, 0) is 35.4 Å². The Morgan fingerprint density at radius 2 is 1.88 bits per heavy atom. The first kappa shape index (κ1) is 17.6. The van der Waals surface area contributed by atoms with Crippen LogP contribution in [-0.2, 0) is 0 Å². The summed E-state index contributed by atoms with van der Waals surface area (Å²) in [7, 11) is 0. The molecule has 0 spiro atoms. The molecule has 0 saturated heterocycles. The first-order valence-electron chi connectivity index (χ1n) is 6.95. The minimum Gasteiger partial charge on any atom is -0.378 e. The standard InChI is InChI=1S/C13H10Cl2N8O3/c1-5-9(17-22-23(5)11-10(16)20-26-21-11)13(25)19-18-12(24)6-2-3-7(14)8(15)4-6/h2-4H,1H3,(H2,16,20)(H,18,24)(H,19,25). The molecular weight excluding hydrogens is 387 g/mol. The molecule has 0 atom stereocenters. The maximum absolute atomic E-state index is 12.2. The zero-order chi connectivity index (χ0) is 18.8. The molecule has 0 radical (unpaired) electrons. The van der Waals surface area contributed by atoms with Gasteiger partial charge in [0.1, 0.15) is 0 Å². The van der Waals surface area contributed by atoms with Gasteiger partial charge in [-0.2, -0.15) is 4.68 Å². The largest absolute Gasteiger partial charge is 0.378 e. The fraction of sp³-hybridized carbons (Fsp3) is 0.0769. The third-order valence-electron chi connectivity index (χ3n) is 3.28. The summed E-state index contributed by atoms with van der Waals surface area (Å²) in [5, 5.41) is 15.0. The van der Waals surface area contributed by atoms with Crippen molar-refractivity contribution in [1.29, 1.82) is 0 Å². The van der Waals surface area contributed by atoms with E-state index in [1.165, 1.54) is 22.9 Å². The van der Waals surface area contributed by atoms with Crippen molar-refractivity contribution < 1.29 is 14.2 Å². The number of nitrogens with zero attached hydrogens (tertiary/aromatic N) is 5. The highest BCUT2D eigenvalue weighted by atomic mass is 35.5. The van der Waals surface area contributed by atoms with Gasteiger partial charge in [0.05, 0.1) is 15.7 Å². The Balaban J connectivity index is 1.71. The van der Waals surface area contributed by atoms with Crippen molar-refractivity contribution in [3.8, 4) is 5.82 Å². The summed E-state index contributed by atoms with van der Waals surface area (Å²) < 4.78 is 5.66. The lowest BCUT2D eigenvalue weighted by atomic mass is 10.2. The molecule has 0 saturated carbocycles. The molecular formula is C13H10Cl2N8O3. The summed E-state index contributed by atoms with van der Waals surface area (Å²) in [5.41, 5.74) is 10.5. The number of hydrogen-bond donors (Lipinski definition) is 3. The monoisotopic (exact) mass is 396 g/mol. The Hall–Kier alpha value is -3.18. The number of carbonyl (C=O) groups is 2. The fourth-order valence-corrected chi connectivity index (χ4v) is 2.26. The molecule has 3 rings (SSSR count). The summed E-state index contributed by atoms with van der Waals surface area (Å²) in [4.78, 5) is 24.3. The number of rotatable bonds is 3. The number of hydrazine groups is 1. The molecule has 0 fully saturated rings. The lowest BCUT2D eigenvalue weighted by molar-refractivity contribution is 0.0843. The molecule has 0 unspecified atom stereocenters. The lowest BCUT2D eigenvalue weighted by Crippen LogP contribution is -2.42. The van der Waals surface area contributed by atoms with Crippen molar-refractivity contribution in [2.24, 2.45) is 0 Å². The fourth-order valence-electron chi connectivity index (χ4n) is 1.96. The SMILES string of the molecule is Cc1c(C(=O)NNC(=O)c2ccc(Cl)c(Cl)c2)nnn1-c1nonc1N. The number of aromatic nitrogens is 5. The van der Waals surface area contributed by atoms with Crippen LogP contribution < -0.4 is 16.6 Å². The average Bonchev–Trinajstić information content (AvgIpc) is 3.20. The molecule has 1 aromatic carbocycles. The number of carbonyl (C=O) groups excluding carboxylic acids is 2. The molecule has 0 bridgehead atoms. The number of nitrogen functional groups attached to an aromatic ring is 1. The van der Waals surface area contributed by atoms with E-state index in [1.807, 2.05) is 0 Å². The minimum atomic E-state index is -0.697. The Kier molecular flexibility index (Phi) is 4.73. The number of amides is 2. The van der Waals surface area contributed by atoms with Crippen molar-refractivity contribution in [2.45, 2.75) is 6.92 Å². The smallest absolute Gasteiger partial charge is 0.292 e. The highest BCUT2D eigenvalue weighted by molar-refractivity contribution is 6.42. The second-order valence-electron chi connectivity index (χ2n) is 4.95. The van der Waals surface area contributed by atoms with Gasteiger partial charge in [-0.25, -0.2) is 4.63 Å². The van der Waals surface area contributed by atoms with E-state index < -0.39 is 11.8 Å². The van der Waals surface area contributed by atoms with Crippen LogP contribution in [0.2, 0.25) is 10.0 Å². The van der Waals surface area contributed by atoms with E-state index in [4.69, 9.17) is 28.9 Å². The van der Waals surface area contributed by atoms with E-state index in [9.17, 15) is 9.59 Å². The van der Waals surface area contributed by atoms with E-state index >= 15 is 0 Å². The van der Waals surface area contributed by atoms with Gasteiger partial charge >= 0.3 is 0 Å². The van der Waals surface area contributed by atoms with Crippen molar-refractivity contribution in [3.05, 3.63) is 45.2 Å². The van der Waals surface area contributed by atoms with E-state index in [0.717, 1.165) is 0 Å². The molecule has 0 aliphatic rings. The first-order valence-corrected chi connectivity index (χ1v) is 7.70. The second-order valence-corrected chi connectivity index (χ2v) is 5.76. The van der Waals surface area contributed by atoms with E-state index in [2.05, 4.69) is 36.1 Å². The molecule has 3 aromatic rings. The number of hydrogen-bond acceptors (Lipinski definition) is 8. The van der Waals surface area contributed by atoms with Crippen molar-refractivity contribution in [3.63, 3.8) is 0 Å². The summed E-state index contributed by atoms with van der Waals surface area (Å²) in [6, 6.07) is 4.29. The predicted molar refractivity (Wildman–Crippen MR) is 89.8 cm³/mol. The molecule has 0 aliphatic heterocycles. The van der Waals surface area contributed by atoms with Gasteiger partial charge < -0.3 is 5.73 Å². The summed E-state index contributed by atoms with van der Waals surface area (Å²) in [6.07, 6.45) is 0. The molecule has 2 aromatic heterocycles. The normalized spacial score (nSPS) is 10.6. The number of nitrogens with two attached hydrogens (primary N) is 1. The van der Waals surface area contributed by atoms with E-state index in [1.54, 1.807) is 6.92 Å². The van der Waals surface area contributed by atoms with Crippen molar-refractivity contribution >= 4 is 40.8 Å². The van der Waals surface area contributed by atoms with Gasteiger partial charge in [0, 0.05) is 5.56 Å². The molecule has 2 amide bonds. The summed E-state index contributed by atoms with van der Waals surface area (Å²) in [6.45, 7) is 1.56. The Morgan fingerprint density at radius 3 is 2.54 bits per heavy atom. The molecule has 13 heteroatoms. The third kappa shape index (κ3) is 3.30. The van der Waals surface area contributed by atoms with Crippen LogP contribution in [0, 0.1) is 6.92 Å². The highest BCUT2D eigenvalue weighted by Crippen LogP contribution is 2.22. The average molecular weight is 397 g/mol. The maximum Gasteiger partial charge on any atom is 0.292 e. The highest BCUT2D eigenvalue weighted by Gasteiger charge is 2.21. The Morgan fingerprint density at radius 1 is 1.15 bits per heavy atom. The van der Waals surface area contributed by atoms with Gasteiger partial charge in [-0.15, -0.1) is 5.10 Å². The summed E-state index contributed by atoms with van der Waals surface area (Å²) in [5.74, 6) is -1.21. The Labute approximate surface area is 155 Å². The first-order chi connectivity index (χ1) is 12.4. The molecule has 134 valence electrons. The number of nitrogens with one attached hydrogen (secondary N) is 2. The summed E-state index contributed by atoms with van der Waals surface area (Å²) >= 11 is 11.6.